The number of hydrogen-bond acceptors (Lipinski definition) is 4. The van der Waals surface area contributed by atoms with Crippen LogP contribution < -0.4 is 5.32 Å². The first-order valence-electron chi connectivity index (χ1n) is 7.08. The summed E-state index contributed by atoms with van der Waals surface area (Å²) in [6.45, 7) is 0.446. The first-order valence-corrected chi connectivity index (χ1v) is 8.90. The second-order valence-corrected chi connectivity index (χ2v) is 7.71. The van der Waals surface area contributed by atoms with Crippen molar-refractivity contribution in [1.29, 1.82) is 0 Å². The highest BCUT2D eigenvalue weighted by atomic mass is 32.2. The molecule has 0 saturated carbocycles. The fraction of sp³-hybridized carbons (Fsp3) is 0.333. The molecule has 3 rings (SSSR count). The molecule has 1 atom stereocenters. The van der Waals surface area contributed by atoms with Crippen molar-refractivity contribution in [3.63, 3.8) is 0 Å². The van der Waals surface area contributed by atoms with Crippen LogP contribution in [0.1, 0.15) is 5.56 Å². The maximum absolute atomic E-state index is 13.8. The number of hydrogen-bond donors (Lipinski definition) is 1. The monoisotopic (exact) mass is 338 g/mol. The van der Waals surface area contributed by atoms with Gasteiger partial charge in [0, 0.05) is 18.7 Å². The van der Waals surface area contributed by atoms with Gasteiger partial charge in [-0.1, -0.05) is 24.3 Å². The molecule has 6 nitrogen and oxygen atoms in total. The van der Waals surface area contributed by atoms with Crippen LogP contribution in [0.3, 0.4) is 0 Å². The van der Waals surface area contributed by atoms with Crippen LogP contribution in [-0.4, -0.2) is 55.8 Å². The van der Waals surface area contributed by atoms with E-state index in [2.05, 4.69) is 5.32 Å². The number of carbonyl (C=O) groups excluding carboxylic acids is 2. The predicted octanol–water partition coefficient (Wildman–Crippen LogP) is -0.0355. The number of benzene rings is 1. The normalized spacial score (nSPS) is 23.3. The van der Waals surface area contributed by atoms with Crippen LogP contribution in [0.4, 0.5) is 4.39 Å². The summed E-state index contributed by atoms with van der Waals surface area (Å²) >= 11 is 0. The van der Waals surface area contributed by atoms with Gasteiger partial charge in [0.25, 0.3) is 0 Å². The lowest BCUT2D eigenvalue weighted by Crippen LogP contribution is -2.56. The molecule has 2 aliphatic rings. The third-order valence-electron chi connectivity index (χ3n) is 3.86. The van der Waals surface area contributed by atoms with Crippen LogP contribution in [0.15, 0.2) is 30.3 Å². The Morgan fingerprint density at radius 1 is 1.30 bits per heavy atom. The Labute approximate surface area is 132 Å². The summed E-state index contributed by atoms with van der Waals surface area (Å²) in [6, 6.07) is 5.18. The van der Waals surface area contributed by atoms with Crippen LogP contribution in [0.25, 0.3) is 5.57 Å². The van der Waals surface area contributed by atoms with Gasteiger partial charge in [-0.15, -0.1) is 0 Å². The van der Waals surface area contributed by atoms with E-state index in [1.54, 1.807) is 24.3 Å². The van der Waals surface area contributed by atoms with Gasteiger partial charge >= 0.3 is 0 Å². The highest BCUT2D eigenvalue weighted by Crippen LogP contribution is 2.24. The number of carbonyl (C=O) groups is 2. The number of rotatable bonds is 2. The van der Waals surface area contributed by atoms with Gasteiger partial charge in [-0.2, -0.15) is 0 Å². The molecule has 2 amide bonds. The van der Waals surface area contributed by atoms with Gasteiger partial charge in [0.15, 0.2) is 9.84 Å². The largest absolute Gasteiger partial charge is 0.342 e. The minimum atomic E-state index is -3.56. The fourth-order valence-corrected chi connectivity index (χ4v) is 4.12. The molecule has 0 radical (unpaired) electrons. The zero-order valence-electron chi connectivity index (χ0n) is 12.2. The van der Waals surface area contributed by atoms with E-state index in [4.69, 9.17) is 0 Å². The highest BCUT2D eigenvalue weighted by molar-refractivity contribution is 7.92. The number of halogens is 1. The molecule has 1 fully saturated rings. The zero-order valence-corrected chi connectivity index (χ0v) is 13.0. The third-order valence-corrected chi connectivity index (χ3v) is 5.40. The van der Waals surface area contributed by atoms with Crippen molar-refractivity contribution >= 4 is 27.2 Å². The maximum Gasteiger partial charge on any atom is 0.246 e. The number of amides is 2. The Hall–Kier alpha value is -2.22. The summed E-state index contributed by atoms with van der Waals surface area (Å²) < 4.78 is 37.1. The van der Waals surface area contributed by atoms with Gasteiger partial charge < -0.3 is 10.2 Å². The third kappa shape index (κ3) is 3.26. The number of nitrogens with one attached hydrogen (secondary N) is 1. The van der Waals surface area contributed by atoms with Gasteiger partial charge in [0.05, 0.1) is 5.75 Å². The van der Waals surface area contributed by atoms with E-state index in [1.807, 2.05) is 0 Å². The van der Waals surface area contributed by atoms with Crippen molar-refractivity contribution in [2.45, 2.75) is 6.04 Å². The standard InChI is InChI=1S/C15H15FN2O4S/c16-12-4-2-1-3-11(12)10-5-6-18(7-10)15(20)13-8-23(21,22)9-14(19)17-13/h1-5,13H,6-9H2,(H,17,19)/t13-/m0/s1. The molecule has 1 aromatic carbocycles. The molecular weight excluding hydrogens is 323 g/mol. The summed E-state index contributed by atoms with van der Waals surface area (Å²) in [4.78, 5) is 25.2. The maximum atomic E-state index is 13.8. The average Bonchev–Trinajstić information content (AvgIpc) is 2.94. The summed E-state index contributed by atoms with van der Waals surface area (Å²) in [5.41, 5.74) is 1.09. The molecule has 0 bridgehead atoms. The molecule has 2 heterocycles. The first kappa shape index (κ1) is 15.7. The molecule has 2 aliphatic heterocycles. The number of sulfone groups is 1. The summed E-state index contributed by atoms with van der Waals surface area (Å²) in [5.74, 6) is -2.50. The van der Waals surface area contributed by atoms with Gasteiger partial charge in [-0.05, 0) is 11.6 Å². The lowest BCUT2D eigenvalue weighted by atomic mass is 10.1. The van der Waals surface area contributed by atoms with Crippen LogP contribution in [0, 0.1) is 5.82 Å². The predicted molar refractivity (Wildman–Crippen MR) is 81.5 cm³/mol. The van der Waals surface area contributed by atoms with Crippen LogP contribution in [0.5, 0.6) is 0 Å². The molecule has 1 aromatic rings. The van der Waals surface area contributed by atoms with E-state index < -0.39 is 39.2 Å². The lowest BCUT2D eigenvalue weighted by molar-refractivity contribution is -0.134. The Kier molecular flexibility index (Phi) is 3.93. The van der Waals surface area contributed by atoms with Crippen molar-refractivity contribution in [2.24, 2.45) is 0 Å². The van der Waals surface area contributed by atoms with E-state index in [1.165, 1.54) is 11.0 Å². The van der Waals surface area contributed by atoms with Gasteiger partial charge in [0.2, 0.25) is 11.8 Å². The van der Waals surface area contributed by atoms with E-state index >= 15 is 0 Å². The molecule has 122 valence electrons. The van der Waals surface area contributed by atoms with Crippen molar-refractivity contribution in [3.8, 4) is 0 Å². The quantitative estimate of drug-likeness (QED) is 0.820. The van der Waals surface area contributed by atoms with E-state index in [-0.39, 0.29) is 18.9 Å². The summed E-state index contributed by atoms with van der Waals surface area (Å²) in [5, 5.41) is 2.41. The molecule has 0 unspecified atom stereocenters. The molecule has 23 heavy (non-hydrogen) atoms. The van der Waals surface area contributed by atoms with Crippen molar-refractivity contribution in [1.82, 2.24) is 10.2 Å². The molecule has 1 N–H and O–H groups in total. The minimum absolute atomic E-state index is 0.187. The second kappa shape index (κ2) is 5.77. The minimum Gasteiger partial charge on any atom is -0.342 e. The van der Waals surface area contributed by atoms with Crippen molar-refractivity contribution < 1.29 is 22.4 Å². The molecule has 0 spiro atoms. The average molecular weight is 338 g/mol. The highest BCUT2D eigenvalue weighted by Gasteiger charge is 2.37. The van der Waals surface area contributed by atoms with Gasteiger partial charge in [-0.25, -0.2) is 12.8 Å². The zero-order chi connectivity index (χ0) is 16.6. The number of nitrogens with zero attached hydrogens (tertiary/aromatic N) is 1. The summed E-state index contributed by atoms with van der Waals surface area (Å²) in [7, 11) is -3.56. The van der Waals surface area contributed by atoms with E-state index in [9.17, 15) is 22.4 Å². The molecule has 1 saturated heterocycles. The fourth-order valence-electron chi connectivity index (χ4n) is 2.78. The topological polar surface area (TPSA) is 83.5 Å². The first-order chi connectivity index (χ1) is 10.9. The Bertz CT molecular complexity index is 803. The van der Waals surface area contributed by atoms with Crippen molar-refractivity contribution in [2.75, 3.05) is 24.6 Å². The summed E-state index contributed by atoms with van der Waals surface area (Å²) in [6.07, 6.45) is 1.73. The van der Waals surface area contributed by atoms with Crippen LogP contribution >= 0.6 is 0 Å². The van der Waals surface area contributed by atoms with E-state index in [0.717, 1.165) is 0 Å². The molecule has 0 aromatic heterocycles. The Morgan fingerprint density at radius 2 is 2.04 bits per heavy atom. The molecular formula is C15H15FN2O4S. The van der Waals surface area contributed by atoms with Gasteiger partial charge in [0.1, 0.15) is 17.6 Å². The molecule has 8 heteroatoms. The second-order valence-electron chi connectivity index (χ2n) is 5.60. The van der Waals surface area contributed by atoms with Crippen LogP contribution in [0.2, 0.25) is 0 Å². The van der Waals surface area contributed by atoms with Gasteiger partial charge in [-0.3, -0.25) is 9.59 Å². The SMILES string of the molecule is O=C1CS(=O)(=O)C[C@@H](C(=O)N2CC=C(c3ccccc3F)C2)N1. The Balaban J connectivity index is 1.72. The van der Waals surface area contributed by atoms with Crippen LogP contribution in [-0.2, 0) is 19.4 Å². The van der Waals surface area contributed by atoms with E-state index in [0.29, 0.717) is 11.1 Å². The smallest absolute Gasteiger partial charge is 0.246 e. The van der Waals surface area contributed by atoms with Crippen molar-refractivity contribution in [3.05, 3.63) is 41.7 Å². The lowest BCUT2D eigenvalue weighted by Gasteiger charge is -2.27. The Morgan fingerprint density at radius 3 is 2.74 bits per heavy atom. The molecule has 0 aliphatic carbocycles.